The van der Waals surface area contributed by atoms with E-state index in [2.05, 4.69) is 12.2 Å². The van der Waals surface area contributed by atoms with Crippen molar-refractivity contribution < 1.29 is 9.53 Å². The van der Waals surface area contributed by atoms with Crippen LogP contribution in [0.3, 0.4) is 0 Å². The summed E-state index contributed by atoms with van der Waals surface area (Å²) in [6, 6.07) is 0. The summed E-state index contributed by atoms with van der Waals surface area (Å²) in [5, 5.41) is 3.03. The van der Waals surface area contributed by atoms with E-state index in [1.54, 1.807) is 0 Å². The molecule has 1 fully saturated rings. The molecule has 1 amide bonds. The van der Waals surface area contributed by atoms with Gasteiger partial charge in [-0.1, -0.05) is 19.8 Å². The van der Waals surface area contributed by atoms with Crippen LogP contribution in [0.2, 0.25) is 0 Å². The number of hydrogen-bond acceptors (Lipinski definition) is 3. The van der Waals surface area contributed by atoms with E-state index >= 15 is 0 Å². The van der Waals surface area contributed by atoms with Crippen LogP contribution in [0.15, 0.2) is 0 Å². The van der Waals surface area contributed by atoms with E-state index in [1.807, 2.05) is 0 Å². The van der Waals surface area contributed by atoms with Crippen LogP contribution in [0.1, 0.15) is 51.9 Å². The number of ether oxygens (including phenoxy) is 1. The van der Waals surface area contributed by atoms with Crippen LogP contribution in [-0.2, 0) is 9.53 Å². The molecule has 112 valence electrons. The predicted molar refractivity (Wildman–Crippen MR) is 77.9 cm³/mol. The molecule has 1 saturated carbocycles. The Balaban J connectivity index is 2.04. The third-order valence-corrected chi connectivity index (χ3v) is 3.89. The van der Waals surface area contributed by atoms with E-state index in [0.717, 1.165) is 58.4 Å². The molecule has 0 aromatic carbocycles. The van der Waals surface area contributed by atoms with Crippen molar-refractivity contribution in [3.63, 3.8) is 0 Å². The van der Waals surface area contributed by atoms with Crippen molar-refractivity contribution in [2.75, 3.05) is 26.3 Å². The van der Waals surface area contributed by atoms with E-state index < -0.39 is 0 Å². The van der Waals surface area contributed by atoms with Gasteiger partial charge in [0.15, 0.2) is 0 Å². The van der Waals surface area contributed by atoms with Gasteiger partial charge in [0.05, 0.1) is 0 Å². The zero-order valence-corrected chi connectivity index (χ0v) is 12.3. The van der Waals surface area contributed by atoms with Crippen molar-refractivity contribution in [2.24, 2.45) is 17.6 Å². The minimum atomic E-state index is 0.184. The van der Waals surface area contributed by atoms with E-state index in [0.29, 0.717) is 5.92 Å². The second-order valence-corrected chi connectivity index (χ2v) is 5.58. The Morgan fingerprint density at radius 3 is 2.84 bits per heavy atom. The molecule has 1 rings (SSSR count). The predicted octanol–water partition coefficient (Wildman–Crippen LogP) is 2.07. The third kappa shape index (κ3) is 6.92. The quantitative estimate of drug-likeness (QED) is 0.630. The SMILES string of the molecule is CCCCOCCCNC(=O)C1CCCC(CN)C1. The van der Waals surface area contributed by atoms with Gasteiger partial charge in [0.1, 0.15) is 0 Å². The third-order valence-electron chi connectivity index (χ3n) is 3.89. The fraction of sp³-hybridized carbons (Fsp3) is 0.933. The van der Waals surface area contributed by atoms with Gasteiger partial charge in [-0.2, -0.15) is 0 Å². The number of unbranched alkanes of at least 4 members (excludes halogenated alkanes) is 1. The van der Waals surface area contributed by atoms with Crippen LogP contribution < -0.4 is 11.1 Å². The average Bonchev–Trinajstić information content (AvgIpc) is 2.46. The fourth-order valence-corrected chi connectivity index (χ4v) is 2.62. The molecule has 0 spiro atoms. The topological polar surface area (TPSA) is 64.3 Å². The maximum Gasteiger partial charge on any atom is 0.223 e. The maximum absolute atomic E-state index is 12.0. The highest BCUT2D eigenvalue weighted by Crippen LogP contribution is 2.28. The molecular formula is C15H30N2O2. The van der Waals surface area contributed by atoms with E-state index in [-0.39, 0.29) is 11.8 Å². The molecule has 2 atom stereocenters. The Hall–Kier alpha value is -0.610. The Kier molecular flexibility index (Phi) is 8.84. The van der Waals surface area contributed by atoms with Crippen LogP contribution >= 0.6 is 0 Å². The molecular weight excluding hydrogens is 240 g/mol. The molecule has 3 N–H and O–H groups in total. The molecule has 2 unspecified atom stereocenters. The zero-order chi connectivity index (χ0) is 13.9. The van der Waals surface area contributed by atoms with Gasteiger partial charge in [-0.15, -0.1) is 0 Å². The number of carbonyl (C=O) groups excluding carboxylic acids is 1. The van der Waals surface area contributed by atoms with Crippen molar-refractivity contribution in [3.8, 4) is 0 Å². The average molecular weight is 270 g/mol. The number of nitrogens with two attached hydrogens (primary N) is 1. The monoisotopic (exact) mass is 270 g/mol. The largest absolute Gasteiger partial charge is 0.381 e. The summed E-state index contributed by atoms with van der Waals surface area (Å²) in [5.74, 6) is 0.942. The summed E-state index contributed by atoms with van der Waals surface area (Å²) < 4.78 is 5.47. The van der Waals surface area contributed by atoms with Gasteiger partial charge >= 0.3 is 0 Å². The first kappa shape index (κ1) is 16.4. The molecule has 0 aromatic heterocycles. The lowest BCUT2D eigenvalue weighted by molar-refractivity contribution is -0.126. The van der Waals surface area contributed by atoms with Gasteiger partial charge in [-0.25, -0.2) is 0 Å². The second-order valence-electron chi connectivity index (χ2n) is 5.58. The van der Waals surface area contributed by atoms with Crippen LogP contribution in [0, 0.1) is 11.8 Å². The van der Waals surface area contributed by atoms with Crippen LogP contribution in [-0.4, -0.2) is 32.2 Å². The Morgan fingerprint density at radius 2 is 2.11 bits per heavy atom. The van der Waals surface area contributed by atoms with Gasteiger partial charge in [-0.3, -0.25) is 4.79 Å². The van der Waals surface area contributed by atoms with Crippen LogP contribution in [0.4, 0.5) is 0 Å². The molecule has 0 heterocycles. The minimum Gasteiger partial charge on any atom is -0.381 e. The van der Waals surface area contributed by atoms with Crippen molar-refractivity contribution in [1.82, 2.24) is 5.32 Å². The van der Waals surface area contributed by atoms with E-state index in [4.69, 9.17) is 10.5 Å². The Labute approximate surface area is 117 Å². The molecule has 19 heavy (non-hydrogen) atoms. The van der Waals surface area contributed by atoms with Gasteiger partial charge in [-0.05, 0) is 44.6 Å². The van der Waals surface area contributed by atoms with Gasteiger partial charge in [0.25, 0.3) is 0 Å². The summed E-state index contributed by atoms with van der Waals surface area (Å²) in [6.07, 6.45) is 7.51. The first-order valence-corrected chi connectivity index (χ1v) is 7.83. The first-order valence-electron chi connectivity index (χ1n) is 7.83. The van der Waals surface area contributed by atoms with Gasteiger partial charge < -0.3 is 15.8 Å². The van der Waals surface area contributed by atoms with Gasteiger partial charge in [0, 0.05) is 25.7 Å². The number of amides is 1. The number of hydrogen-bond donors (Lipinski definition) is 2. The lowest BCUT2D eigenvalue weighted by Gasteiger charge is -2.27. The summed E-state index contributed by atoms with van der Waals surface area (Å²) >= 11 is 0. The molecule has 0 radical (unpaired) electrons. The first-order chi connectivity index (χ1) is 9.27. The Morgan fingerprint density at radius 1 is 1.32 bits per heavy atom. The normalized spacial score (nSPS) is 23.3. The molecule has 1 aliphatic carbocycles. The molecule has 4 nitrogen and oxygen atoms in total. The van der Waals surface area contributed by atoms with Gasteiger partial charge in [0.2, 0.25) is 5.91 Å². The lowest BCUT2D eigenvalue weighted by atomic mass is 9.81. The summed E-state index contributed by atoms with van der Waals surface area (Å²) in [5.41, 5.74) is 5.70. The van der Waals surface area contributed by atoms with E-state index in [1.165, 1.54) is 12.8 Å². The molecule has 0 aliphatic heterocycles. The highest BCUT2D eigenvalue weighted by molar-refractivity contribution is 5.78. The highest BCUT2D eigenvalue weighted by Gasteiger charge is 2.25. The second kappa shape index (κ2) is 10.2. The van der Waals surface area contributed by atoms with Crippen molar-refractivity contribution in [3.05, 3.63) is 0 Å². The summed E-state index contributed by atoms with van der Waals surface area (Å²) in [4.78, 5) is 12.0. The summed E-state index contributed by atoms with van der Waals surface area (Å²) in [6.45, 7) is 5.19. The number of rotatable bonds is 9. The summed E-state index contributed by atoms with van der Waals surface area (Å²) in [7, 11) is 0. The van der Waals surface area contributed by atoms with Crippen molar-refractivity contribution >= 4 is 5.91 Å². The molecule has 0 aromatic rings. The molecule has 0 saturated heterocycles. The van der Waals surface area contributed by atoms with E-state index in [9.17, 15) is 4.79 Å². The minimum absolute atomic E-state index is 0.184. The van der Waals surface area contributed by atoms with Crippen LogP contribution in [0.25, 0.3) is 0 Å². The zero-order valence-electron chi connectivity index (χ0n) is 12.3. The van der Waals surface area contributed by atoms with Crippen molar-refractivity contribution in [2.45, 2.75) is 51.9 Å². The number of carbonyl (C=O) groups is 1. The number of nitrogens with one attached hydrogen (secondary N) is 1. The molecule has 4 heteroatoms. The molecule has 0 bridgehead atoms. The smallest absolute Gasteiger partial charge is 0.223 e. The maximum atomic E-state index is 12.0. The lowest BCUT2D eigenvalue weighted by Crippen LogP contribution is -2.36. The van der Waals surface area contributed by atoms with Crippen molar-refractivity contribution in [1.29, 1.82) is 0 Å². The Bertz CT molecular complexity index is 246. The molecule has 1 aliphatic rings. The fourth-order valence-electron chi connectivity index (χ4n) is 2.62. The highest BCUT2D eigenvalue weighted by atomic mass is 16.5. The van der Waals surface area contributed by atoms with Crippen LogP contribution in [0.5, 0.6) is 0 Å². The standard InChI is InChI=1S/C15H30N2O2/c1-2-3-9-19-10-5-8-17-15(18)14-7-4-6-13(11-14)12-16/h13-14H,2-12,16H2,1H3,(H,17,18).